The molecule has 4 heteroatoms. The fourth-order valence-corrected chi connectivity index (χ4v) is 4.46. The molecule has 1 saturated carbocycles. The maximum Gasteiger partial charge on any atom is 0.237 e. The first-order chi connectivity index (χ1) is 11.7. The first kappa shape index (κ1) is 17.8. The van der Waals surface area contributed by atoms with Gasteiger partial charge in [0.15, 0.2) is 0 Å². The zero-order valence-corrected chi connectivity index (χ0v) is 15.5. The highest BCUT2D eigenvalue weighted by atomic mass is 35.5. The van der Waals surface area contributed by atoms with Crippen molar-refractivity contribution in [2.45, 2.75) is 51.0 Å². The number of carbonyl (C=O) groups is 1. The molecule has 0 radical (unpaired) electrons. The number of nitrogens with one attached hydrogen (secondary N) is 1. The first-order valence-corrected chi connectivity index (χ1v) is 10.0. The van der Waals surface area contributed by atoms with Crippen molar-refractivity contribution in [2.24, 2.45) is 0 Å². The minimum atomic E-state index is 0.0696. The molecule has 2 aliphatic rings. The van der Waals surface area contributed by atoms with E-state index in [0.717, 1.165) is 32.1 Å². The lowest BCUT2D eigenvalue weighted by atomic mass is 9.83. The van der Waals surface area contributed by atoms with Crippen LogP contribution in [-0.4, -0.2) is 42.9 Å². The van der Waals surface area contributed by atoms with Crippen LogP contribution >= 0.6 is 11.6 Å². The largest absolute Gasteiger partial charge is 0.330 e. The Morgan fingerprint density at radius 1 is 1.17 bits per heavy atom. The molecule has 1 aromatic carbocycles. The van der Waals surface area contributed by atoms with Crippen molar-refractivity contribution in [3.63, 3.8) is 0 Å². The van der Waals surface area contributed by atoms with Crippen LogP contribution in [0.5, 0.6) is 0 Å². The number of alkyl halides is 1. The van der Waals surface area contributed by atoms with Crippen molar-refractivity contribution in [1.29, 1.82) is 0 Å². The highest BCUT2D eigenvalue weighted by molar-refractivity contribution is 6.27. The zero-order valence-electron chi connectivity index (χ0n) is 14.8. The topological polar surface area (TPSA) is 24.8 Å². The Balaban J connectivity index is 1.57. The van der Waals surface area contributed by atoms with Crippen LogP contribution in [0, 0.1) is 0 Å². The third-order valence-electron chi connectivity index (χ3n) is 6.00. The van der Waals surface area contributed by atoms with E-state index in [2.05, 4.69) is 31.2 Å². The Labute approximate surface area is 151 Å². The van der Waals surface area contributed by atoms with E-state index < -0.39 is 0 Å². The Hall–Kier alpha value is -1.06. The lowest BCUT2D eigenvalue weighted by Crippen LogP contribution is -3.14. The van der Waals surface area contributed by atoms with Crippen LogP contribution < -0.4 is 4.90 Å². The molecule has 1 aromatic rings. The highest BCUT2D eigenvalue weighted by Crippen LogP contribution is 2.32. The Morgan fingerprint density at radius 3 is 2.38 bits per heavy atom. The Morgan fingerprint density at radius 2 is 1.79 bits per heavy atom. The van der Waals surface area contributed by atoms with E-state index in [1.165, 1.54) is 43.2 Å². The van der Waals surface area contributed by atoms with E-state index in [9.17, 15) is 4.79 Å². The quantitative estimate of drug-likeness (QED) is 0.831. The summed E-state index contributed by atoms with van der Waals surface area (Å²) in [5.74, 6) is 0.953. The van der Waals surface area contributed by atoms with Crippen LogP contribution in [0.1, 0.15) is 62.1 Å². The van der Waals surface area contributed by atoms with Gasteiger partial charge in [-0.25, -0.2) is 0 Å². The molecule has 1 saturated heterocycles. The summed E-state index contributed by atoms with van der Waals surface area (Å²) in [4.78, 5) is 15.2. The van der Waals surface area contributed by atoms with Gasteiger partial charge in [0.05, 0.1) is 26.2 Å². The van der Waals surface area contributed by atoms with Crippen molar-refractivity contribution in [1.82, 2.24) is 4.90 Å². The summed E-state index contributed by atoms with van der Waals surface area (Å²) in [6.45, 7) is 5.98. The second-order valence-corrected chi connectivity index (χ2v) is 7.66. The molecular formula is C20H30ClN2O+. The van der Waals surface area contributed by atoms with Gasteiger partial charge in [0.1, 0.15) is 11.9 Å². The smallest absolute Gasteiger partial charge is 0.237 e. The van der Waals surface area contributed by atoms with Crippen LogP contribution in [0.25, 0.3) is 0 Å². The molecule has 1 atom stereocenters. The van der Waals surface area contributed by atoms with E-state index in [1.807, 2.05) is 4.90 Å². The molecule has 1 amide bonds. The number of nitrogens with zero attached hydrogens (tertiary/aromatic N) is 1. The predicted molar refractivity (Wildman–Crippen MR) is 98.7 cm³/mol. The van der Waals surface area contributed by atoms with Gasteiger partial charge in [0.2, 0.25) is 5.91 Å². The molecule has 0 unspecified atom stereocenters. The number of amides is 1. The molecular weight excluding hydrogens is 320 g/mol. The van der Waals surface area contributed by atoms with E-state index in [-0.39, 0.29) is 11.8 Å². The van der Waals surface area contributed by atoms with Gasteiger partial charge in [-0.2, -0.15) is 0 Å². The summed E-state index contributed by atoms with van der Waals surface area (Å²) in [6.07, 6.45) is 6.90. The average molecular weight is 350 g/mol. The normalized spacial score (nSPS) is 21.7. The molecule has 0 bridgehead atoms. The van der Waals surface area contributed by atoms with E-state index in [1.54, 1.807) is 4.90 Å². The lowest BCUT2D eigenvalue weighted by Gasteiger charge is -2.35. The monoisotopic (exact) mass is 349 g/mol. The van der Waals surface area contributed by atoms with Gasteiger partial charge < -0.3 is 9.80 Å². The van der Waals surface area contributed by atoms with Crippen LogP contribution in [0.3, 0.4) is 0 Å². The van der Waals surface area contributed by atoms with Gasteiger partial charge in [0.25, 0.3) is 0 Å². The maximum atomic E-state index is 11.7. The number of piperazine rings is 1. The molecule has 1 heterocycles. The summed E-state index contributed by atoms with van der Waals surface area (Å²) >= 11 is 5.66. The molecule has 0 spiro atoms. The van der Waals surface area contributed by atoms with Gasteiger partial charge in [-0.15, -0.1) is 11.6 Å². The fourth-order valence-electron chi connectivity index (χ4n) is 4.29. The number of quaternary nitrogens is 1. The zero-order chi connectivity index (χ0) is 16.9. The third-order valence-corrected chi connectivity index (χ3v) is 6.23. The predicted octanol–water partition coefficient (Wildman–Crippen LogP) is 2.76. The van der Waals surface area contributed by atoms with Gasteiger partial charge in [-0.05, 0) is 31.2 Å². The third kappa shape index (κ3) is 4.12. The van der Waals surface area contributed by atoms with Crippen molar-refractivity contribution < 1.29 is 9.69 Å². The van der Waals surface area contributed by atoms with E-state index in [4.69, 9.17) is 11.6 Å². The van der Waals surface area contributed by atoms with E-state index >= 15 is 0 Å². The Bertz CT molecular complexity index is 531. The summed E-state index contributed by atoms with van der Waals surface area (Å²) < 4.78 is 0. The van der Waals surface area contributed by atoms with Crippen LogP contribution in [0.15, 0.2) is 24.3 Å². The fraction of sp³-hybridized carbons (Fsp3) is 0.650. The van der Waals surface area contributed by atoms with Crippen molar-refractivity contribution in [3.05, 3.63) is 35.4 Å². The highest BCUT2D eigenvalue weighted by Gasteiger charge is 2.27. The minimum absolute atomic E-state index is 0.0696. The SMILES string of the molecule is C[C@H](c1ccc(C2CCCCC2)cc1)[NH+]1CCN(C(=O)CCl)CC1. The number of benzene rings is 1. The summed E-state index contributed by atoms with van der Waals surface area (Å²) in [5.41, 5.74) is 2.94. The summed E-state index contributed by atoms with van der Waals surface area (Å²) in [5, 5.41) is 0. The van der Waals surface area contributed by atoms with Crippen molar-refractivity contribution in [3.8, 4) is 0 Å². The number of hydrogen-bond acceptors (Lipinski definition) is 1. The maximum absolute atomic E-state index is 11.7. The number of rotatable bonds is 4. The lowest BCUT2D eigenvalue weighted by molar-refractivity contribution is -0.933. The Kier molecular flexibility index (Phi) is 6.18. The van der Waals surface area contributed by atoms with Gasteiger partial charge >= 0.3 is 0 Å². The molecule has 132 valence electrons. The molecule has 0 aromatic heterocycles. The molecule has 3 nitrogen and oxygen atoms in total. The molecule has 1 aliphatic carbocycles. The molecule has 1 aliphatic heterocycles. The van der Waals surface area contributed by atoms with Crippen molar-refractivity contribution >= 4 is 17.5 Å². The average Bonchev–Trinajstić information content (AvgIpc) is 2.68. The van der Waals surface area contributed by atoms with Crippen LogP contribution in [-0.2, 0) is 4.79 Å². The number of hydrogen-bond donors (Lipinski definition) is 1. The van der Waals surface area contributed by atoms with Gasteiger partial charge in [-0.1, -0.05) is 43.5 Å². The second-order valence-electron chi connectivity index (χ2n) is 7.40. The molecule has 2 fully saturated rings. The number of halogens is 1. The standard InChI is InChI=1S/C20H29ClN2O/c1-16(22-11-13-23(14-12-22)20(24)15-21)17-7-9-19(10-8-17)18-5-3-2-4-6-18/h7-10,16,18H,2-6,11-15H2,1H3/p+1/t16-/m1/s1. The first-order valence-electron chi connectivity index (χ1n) is 9.47. The molecule has 24 heavy (non-hydrogen) atoms. The number of carbonyl (C=O) groups excluding carboxylic acids is 1. The van der Waals surface area contributed by atoms with Crippen LogP contribution in [0.2, 0.25) is 0 Å². The van der Waals surface area contributed by atoms with Crippen molar-refractivity contribution in [2.75, 3.05) is 32.1 Å². The summed E-state index contributed by atoms with van der Waals surface area (Å²) in [7, 11) is 0. The second kappa shape index (κ2) is 8.35. The molecule has 1 N–H and O–H groups in total. The minimum Gasteiger partial charge on any atom is -0.330 e. The summed E-state index contributed by atoms with van der Waals surface area (Å²) in [6, 6.07) is 9.86. The van der Waals surface area contributed by atoms with Gasteiger partial charge in [0, 0.05) is 5.56 Å². The van der Waals surface area contributed by atoms with Crippen LogP contribution in [0.4, 0.5) is 0 Å². The van der Waals surface area contributed by atoms with Gasteiger partial charge in [-0.3, -0.25) is 4.79 Å². The molecule has 3 rings (SSSR count). The van der Waals surface area contributed by atoms with E-state index in [0.29, 0.717) is 6.04 Å².